The number of nitrogens with zero attached hydrogens (tertiary/aromatic N) is 1. The lowest BCUT2D eigenvalue weighted by atomic mass is 10.0. The number of carbonyl (C=O) groups excluding carboxylic acids is 2. The Bertz CT molecular complexity index is 273. The predicted molar refractivity (Wildman–Crippen MR) is 69.1 cm³/mol. The number of carbonyl (C=O) groups is 2. The Labute approximate surface area is 109 Å². The van der Waals surface area contributed by atoms with E-state index >= 15 is 0 Å². The smallest absolute Gasteiger partial charge is 0.222 e. The minimum atomic E-state index is 0.0372. The van der Waals surface area contributed by atoms with E-state index in [4.69, 9.17) is 4.74 Å². The van der Waals surface area contributed by atoms with Gasteiger partial charge in [0.05, 0.1) is 6.61 Å². The van der Waals surface area contributed by atoms with Gasteiger partial charge in [-0.05, 0) is 19.3 Å². The molecule has 0 spiro atoms. The van der Waals surface area contributed by atoms with Crippen LogP contribution in [0.3, 0.4) is 0 Å². The summed E-state index contributed by atoms with van der Waals surface area (Å²) in [5.41, 5.74) is 0. The molecule has 1 aliphatic rings. The Hall–Kier alpha value is -1.10. The van der Waals surface area contributed by atoms with E-state index in [-0.39, 0.29) is 17.9 Å². The average Bonchev–Trinajstić information content (AvgIpc) is 2.37. The average molecular weight is 256 g/mol. The maximum absolute atomic E-state index is 11.7. The number of hydrogen-bond acceptors (Lipinski definition) is 3. The molecule has 0 radical (unpaired) electrons. The standard InChI is InChI=1S/C13H24N2O3/c1-3-4-13(17)15-8-5-11(6-9-15)14-12(16)7-10-18-2/h11H,3-10H2,1-2H3,(H,14,16). The van der Waals surface area contributed by atoms with Crippen molar-refractivity contribution >= 4 is 11.8 Å². The van der Waals surface area contributed by atoms with Crippen LogP contribution in [0.25, 0.3) is 0 Å². The maximum atomic E-state index is 11.7. The second-order valence-electron chi connectivity index (χ2n) is 4.72. The lowest BCUT2D eigenvalue weighted by molar-refractivity contribution is -0.132. The summed E-state index contributed by atoms with van der Waals surface area (Å²) in [6.07, 6.45) is 3.64. The fraction of sp³-hybridized carbons (Fsp3) is 0.846. The zero-order valence-electron chi connectivity index (χ0n) is 11.4. The Morgan fingerprint density at radius 1 is 1.28 bits per heavy atom. The summed E-state index contributed by atoms with van der Waals surface area (Å²) in [7, 11) is 1.59. The summed E-state index contributed by atoms with van der Waals surface area (Å²) < 4.78 is 4.86. The molecule has 1 heterocycles. The van der Waals surface area contributed by atoms with Crippen molar-refractivity contribution in [2.24, 2.45) is 0 Å². The van der Waals surface area contributed by atoms with Crippen LogP contribution in [0.4, 0.5) is 0 Å². The van der Waals surface area contributed by atoms with Crippen molar-refractivity contribution < 1.29 is 14.3 Å². The molecule has 0 aliphatic carbocycles. The van der Waals surface area contributed by atoms with E-state index < -0.39 is 0 Å². The van der Waals surface area contributed by atoms with Crippen molar-refractivity contribution in [3.63, 3.8) is 0 Å². The van der Waals surface area contributed by atoms with Gasteiger partial charge in [-0.2, -0.15) is 0 Å². The summed E-state index contributed by atoms with van der Waals surface area (Å²) >= 11 is 0. The highest BCUT2D eigenvalue weighted by molar-refractivity contribution is 5.77. The number of nitrogens with one attached hydrogen (secondary N) is 1. The van der Waals surface area contributed by atoms with Crippen molar-refractivity contribution in [3.05, 3.63) is 0 Å². The number of amides is 2. The minimum Gasteiger partial charge on any atom is -0.384 e. The van der Waals surface area contributed by atoms with Gasteiger partial charge in [-0.25, -0.2) is 0 Å². The van der Waals surface area contributed by atoms with Crippen molar-refractivity contribution in [1.82, 2.24) is 10.2 Å². The van der Waals surface area contributed by atoms with Gasteiger partial charge < -0.3 is 15.0 Å². The Kier molecular flexibility index (Phi) is 6.72. The van der Waals surface area contributed by atoms with Gasteiger partial charge >= 0.3 is 0 Å². The van der Waals surface area contributed by atoms with E-state index in [2.05, 4.69) is 5.32 Å². The first kappa shape index (κ1) is 15.0. The van der Waals surface area contributed by atoms with E-state index in [1.165, 1.54) is 0 Å². The second-order valence-corrected chi connectivity index (χ2v) is 4.72. The van der Waals surface area contributed by atoms with E-state index in [0.717, 1.165) is 32.4 Å². The Morgan fingerprint density at radius 2 is 1.94 bits per heavy atom. The molecule has 2 amide bonds. The first-order chi connectivity index (χ1) is 8.67. The van der Waals surface area contributed by atoms with Crippen LogP contribution in [0, 0.1) is 0 Å². The van der Waals surface area contributed by atoms with Crippen LogP contribution >= 0.6 is 0 Å². The summed E-state index contributed by atoms with van der Waals surface area (Å²) in [5.74, 6) is 0.275. The first-order valence-corrected chi connectivity index (χ1v) is 6.73. The molecule has 1 rings (SSSR count). The minimum absolute atomic E-state index is 0.0372. The van der Waals surface area contributed by atoms with Crippen LogP contribution in [0.2, 0.25) is 0 Å². The number of methoxy groups -OCH3 is 1. The number of piperidine rings is 1. The zero-order valence-corrected chi connectivity index (χ0v) is 11.4. The van der Waals surface area contributed by atoms with Gasteiger partial charge in [0, 0.05) is 39.1 Å². The van der Waals surface area contributed by atoms with E-state index in [0.29, 0.717) is 19.4 Å². The van der Waals surface area contributed by atoms with Gasteiger partial charge in [-0.3, -0.25) is 9.59 Å². The van der Waals surface area contributed by atoms with Gasteiger partial charge in [0.25, 0.3) is 0 Å². The van der Waals surface area contributed by atoms with E-state index in [9.17, 15) is 9.59 Å². The maximum Gasteiger partial charge on any atom is 0.222 e. The van der Waals surface area contributed by atoms with Gasteiger partial charge in [0.15, 0.2) is 0 Å². The number of rotatable bonds is 6. The van der Waals surface area contributed by atoms with Crippen molar-refractivity contribution in [1.29, 1.82) is 0 Å². The summed E-state index contributed by atoms with van der Waals surface area (Å²) in [6.45, 7) is 3.99. The molecule has 0 saturated carbocycles. The Balaban J connectivity index is 2.22. The molecule has 104 valence electrons. The largest absolute Gasteiger partial charge is 0.384 e. The summed E-state index contributed by atoms with van der Waals surface area (Å²) in [6, 6.07) is 0.208. The van der Waals surface area contributed by atoms with Crippen LogP contribution < -0.4 is 5.32 Å². The fourth-order valence-electron chi connectivity index (χ4n) is 2.14. The number of ether oxygens (including phenoxy) is 1. The molecule has 0 atom stereocenters. The molecule has 0 aromatic carbocycles. The summed E-state index contributed by atoms with van der Waals surface area (Å²) in [4.78, 5) is 25.1. The van der Waals surface area contributed by atoms with E-state index in [1.807, 2.05) is 11.8 Å². The zero-order chi connectivity index (χ0) is 13.4. The highest BCUT2D eigenvalue weighted by Gasteiger charge is 2.22. The second kappa shape index (κ2) is 8.08. The third kappa shape index (κ3) is 5.04. The van der Waals surface area contributed by atoms with Crippen LogP contribution in [-0.4, -0.2) is 49.6 Å². The van der Waals surface area contributed by atoms with Crippen molar-refractivity contribution in [2.45, 2.75) is 45.1 Å². The quantitative estimate of drug-likeness (QED) is 0.769. The molecule has 1 fully saturated rings. The van der Waals surface area contributed by atoms with Gasteiger partial charge in [0.2, 0.25) is 11.8 Å². The predicted octanol–water partition coefficient (Wildman–Crippen LogP) is 0.930. The van der Waals surface area contributed by atoms with Gasteiger partial charge in [-0.15, -0.1) is 0 Å². The molecule has 0 bridgehead atoms. The van der Waals surface area contributed by atoms with E-state index in [1.54, 1.807) is 7.11 Å². The van der Waals surface area contributed by atoms with Crippen molar-refractivity contribution in [2.75, 3.05) is 26.8 Å². The molecule has 5 heteroatoms. The van der Waals surface area contributed by atoms with Crippen LogP contribution in [0.15, 0.2) is 0 Å². The first-order valence-electron chi connectivity index (χ1n) is 6.73. The van der Waals surface area contributed by atoms with Crippen LogP contribution in [0.5, 0.6) is 0 Å². The number of likely N-dealkylation sites (tertiary alicyclic amines) is 1. The third-order valence-electron chi connectivity index (χ3n) is 3.21. The molecular weight excluding hydrogens is 232 g/mol. The topological polar surface area (TPSA) is 58.6 Å². The molecule has 18 heavy (non-hydrogen) atoms. The SMILES string of the molecule is CCCC(=O)N1CCC(NC(=O)CCOC)CC1. The number of hydrogen-bond donors (Lipinski definition) is 1. The molecule has 0 aromatic heterocycles. The monoisotopic (exact) mass is 256 g/mol. The molecular formula is C13H24N2O3. The van der Waals surface area contributed by atoms with Gasteiger partial charge in [0.1, 0.15) is 0 Å². The molecule has 0 aromatic rings. The molecule has 5 nitrogen and oxygen atoms in total. The molecule has 1 aliphatic heterocycles. The molecule has 1 N–H and O–H groups in total. The summed E-state index contributed by atoms with van der Waals surface area (Å²) in [5, 5.41) is 2.99. The third-order valence-corrected chi connectivity index (χ3v) is 3.21. The lowest BCUT2D eigenvalue weighted by Crippen LogP contribution is -2.46. The van der Waals surface area contributed by atoms with Crippen LogP contribution in [0.1, 0.15) is 39.0 Å². The van der Waals surface area contributed by atoms with Crippen molar-refractivity contribution in [3.8, 4) is 0 Å². The lowest BCUT2D eigenvalue weighted by Gasteiger charge is -2.32. The molecule has 0 unspecified atom stereocenters. The highest BCUT2D eigenvalue weighted by Crippen LogP contribution is 2.12. The van der Waals surface area contributed by atoms with Gasteiger partial charge in [-0.1, -0.05) is 6.92 Å². The van der Waals surface area contributed by atoms with Crippen LogP contribution in [-0.2, 0) is 14.3 Å². The fourth-order valence-corrected chi connectivity index (χ4v) is 2.14. The molecule has 1 saturated heterocycles. The normalized spacial score (nSPS) is 16.7. The Morgan fingerprint density at radius 3 is 2.50 bits per heavy atom. The highest BCUT2D eigenvalue weighted by atomic mass is 16.5.